The molecule has 17 nitrogen and oxygen atoms in total. The quantitative estimate of drug-likeness (QED) is 0.104. The Hall–Kier alpha value is -4.97. The SMILES string of the molecule is O=C(O)CN1CCN(CC(=O)O)CCN(CC(=O)N(CC(=O)Oc2ccc([N+](=O)[O-])cc2)Cc2ccccc2)CCN(CC(=O)O)CC1. The molecule has 0 saturated carbocycles. The van der Waals surface area contributed by atoms with Gasteiger partial charge in [0.25, 0.3) is 5.69 Å². The topological polar surface area (TPSA) is 215 Å². The molecule has 1 heterocycles. The van der Waals surface area contributed by atoms with Crippen LogP contribution in [0.4, 0.5) is 5.69 Å². The van der Waals surface area contributed by atoms with E-state index in [4.69, 9.17) is 4.74 Å². The number of nitrogens with zero attached hydrogens (tertiary/aromatic N) is 6. The van der Waals surface area contributed by atoms with Crippen molar-refractivity contribution in [1.29, 1.82) is 0 Å². The summed E-state index contributed by atoms with van der Waals surface area (Å²) in [6.07, 6.45) is 0. The third kappa shape index (κ3) is 13.8. The average molecular weight is 673 g/mol. The van der Waals surface area contributed by atoms with Crippen molar-refractivity contribution in [3.05, 3.63) is 70.3 Å². The lowest BCUT2D eigenvalue weighted by atomic mass is 10.2. The van der Waals surface area contributed by atoms with Gasteiger partial charge in [-0.15, -0.1) is 0 Å². The van der Waals surface area contributed by atoms with E-state index < -0.39 is 41.3 Å². The molecule has 1 saturated heterocycles. The van der Waals surface area contributed by atoms with Crippen LogP contribution in [0.5, 0.6) is 5.75 Å². The van der Waals surface area contributed by atoms with Gasteiger partial charge in [-0.1, -0.05) is 30.3 Å². The van der Waals surface area contributed by atoms with Gasteiger partial charge in [0.05, 0.1) is 31.1 Å². The zero-order chi connectivity index (χ0) is 35.1. The van der Waals surface area contributed by atoms with Gasteiger partial charge in [-0.25, -0.2) is 4.79 Å². The van der Waals surface area contributed by atoms with Crippen molar-refractivity contribution < 1.29 is 49.0 Å². The van der Waals surface area contributed by atoms with E-state index in [1.165, 1.54) is 29.2 Å². The number of aliphatic carboxylic acids is 3. The van der Waals surface area contributed by atoms with Gasteiger partial charge in [0.15, 0.2) is 0 Å². The molecule has 0 unspecified atom stereocenters. The molecule has 3 rings (SSSR count). The second kappa shape index (κ2) is 19.0. The smallest absolute Gasteiger partial charge is 0.331 e. The Kier molecular flexibility index (Phi) is 14.8. The molecule has 0 atom stereocenters. The summed E-state index contributed by atoms with van der Waals surface area (Å²) in [6, 6.07) is 13.9. The minimum Gasteiger partial charge on any atom is -0.480 e. The number of carboxylic acid groups (broad SMARTS) is 3. The van der Waals surface area contributed by atoms with Crippen LogP contribution in [0.15, 0.2) is 54.6 Å². The third-order valence-corrected chi connectivity index (χ3v) is 7.53. The molecule has 1 fully saturated rings. The van der Waals surface area contributed by atoms with Crippen molar-refractivity contribution in [2.24, 2.45) is 0 Å². The number of carbonyl (C=O) groups excluding carboxylic acids is 2. The van der Waals surface area contributed by atoms with Crippen molar-refractivity contribution in [3.8, 4) is 5.75 Å². The predicted molar refractivity (Wildman–Crippen MR) is 169 cm³/mol. The van der Waals surface area contributed by atoms with Crippen LogP contribution in [0.25, 0.3) is 0 Å². The van der Waals surface area contributed by atoms with Crippen LogP contribution in [-0.2, 0) is 30.5 Å². The number of carboxylic acids is 3. The Balaban J connectivity index is 1.78. The van der Waals surface area contributed by atoms with Crippen molar-refractivity contribution >= 4 is 35.5 Å². The molecule has 1 amide bonds. The molecule has 0 bridgehead atoms. The maximum atomic E-state index is 13.8. The Morgan fingerprint density at radius 2 is 1.08 bits per heavy atom. The van der Waals surface area contributed by atoms with E-state index in [0.717, 1.165) is 5.56 Å². The minimum absolute atomic E-state index is 0.0680. The molecule has 260 valence electrons. The highest BCUT2D eigenvalue weighted by Crippen LogP contribution is 2.18. The first-order valence-corrected chi connectivity index (χ1v) is 15.2. The molecule has 0 radical (unpaired) electrons. The molecule has 0 spiro atoms. The standard InChI is InChI=1S/C31H40N6O11/c38-27(36(18-24-4-2-1-3-5-24)23-31(45)48-26-8-6-25(7-9-26)37(46)47)19-32-10-12-33(20-28(39)40)14-16-35(22-30(43)44)17-15-34(13-11-32)21-29(41)42/h1-9H,10-23H2,(H,39,40)(H,41,42)(H,43,44). The largest absolute Gasteiger partial charge is 0.480 e. The van der Waals surface area contributed by atoms with Gasteiger partial charge in [-0.2, -0.15) is 0 Å². The van der Waals surface area contributed by atoms with Crippen LogP contribution in [0.2, 0.25) is 0 Å². The maximum absolute atomic E-state index is 13.8. The molecule has 1 aliphatic heterocycles. The number of hydrogen-bond acceptors (Lipinski definition) is 12. The molecule has 1 aliphatic rings. The normalized spacial score (nSPS) is 15.8. The van der Waals surface area contributed by atoms with E-state index in [1.54, 1.807) is 43.9 Å². The van der Waals surface area contributed by atoms with Crippen LogP contribution in [-0.4, -0.2) is 160 Å². The van der Waals surface area contributed by atoms with E-state index in [9.17, 15) is 49.4 Å². The second-order valence-corrected chi connectivity index (χ2v) is 11.2. The van der Waals surface area contributed by atoms with Crippen LogP contribution in [0.3, 0.4) is 0 Å². The van der Waals surface area contributed by atoms with Gasteiger partial charge in [0, 0.05) is 71.0 Å². The van der Waals surface area contributed by atoms with Crippen LogP contribution in [0.1, 0.15) is 5.56 Å². The Morgan fingerprint density at radius 3 is 1.48 bits per heavy atom. The summed E-state index contributed by atoms with van der Waals surface area (Å²) in [4.78, 5) is 79.7. The summed E-state index contributed by atoms with van der Waals surface area (Å²) in [6.45, 7) is 0.401. The van der Waals surface area contributed by atoms with E-state index >= 15 is 0 Å². The Bertz CT molecular complexity index is 1380. The molecule has 2 aromatic carbocycles. The number of benzene rings is 2. The summed E-state index contributed by atoms with van der Waals surface area (Å²) in [5, 5.41) is 39.2. The zero-order valence-electron chi connectivity index (χ0n) is 26.4. The lowest BCUT2D eigenvalue weighted by Gasteiger charge is -2.33. The number of hydrogen-bond donors (Lipinski definition) is 3. The number of non-ortho nitro benzene ring substituents is 1. The molecule has 17 heteroatoms. The van der Waals surface area contributed by atoms with Crippen LogP contribution in [0, 0.1) is 10.1 Å². The lowest BCUT2D eigenvalue weighted by Crippen LogP contribution is -2.50. The third-order valence-electron chi connectivity index (χ3n) is 7.53. The second-order valence-electron chi connectivity index (χ2n) is 11.2. The van der Waals surface area contributed by atoms with Crippen molar-refractivity contribution in [2.45, 2.75) is 6.54 Å². The summed E-state index contributed by atoms with van der Waals surface area (Å²) in [7, 11) is 0. The summed E-state index contributed by atoms with van der Waals surface area (Å²) < 4.78 is 5.35. The molecule has 2 aromatic rings. The fraction of sp³-hybridized carbons (Fsp3) is 0.452. The van der Waals surface area contributed by atoms with Crippen molar-refractivity contribution in [1.82, 2.24) is 24.5 Å². The average Bonchev–Trinajstić information content (AvgIpc) is 3.02. The highest BCUT2D eigenvalue weighted by molar-refractivity contribution is 5.84. The van der Waals surface area contributed by atoms with Gasteiger partial charge in [0.2, 0.25) is 5.91 Å². The molecule has 3 N–H and O–H groups in total. The number of nitro benzene ring substituents is 1. The van der Waals surface area contributed by atoms with E-state index in [0.29, 0.717) is 0 Å². The van der Waals surface area contributed by atoms with Gasteiger partial charge >= 0.3 is 23.9 Å². The minimum atomic E-state index is -1.07. The zero-order valence-corrected chi connectivity index (χ0v) is 26.4. The molecule has 0 aliphatic carbocycles. The molecular weight excluding hydrogens is 632 g/mol. The maximum Gasteiger partial charge on any atom is 0.331 e. The van der Waals surface area contributed by atoms with Gasteiger partial charge in [0.1, 0.15) is 12.3 Å². The molecule has 48 heavy (non-hydrogen) atoms. The summed E-state index contributed by atoms with van der Waals surface area (Å²) in [5.41, 5.74) is 0.567. The summed E-state index contributed by atoms with van der Waals surface area (Å²) in [5.74, 6) is -4.33. The fourth-order valence-corrected chi connectivity index (χ4v) is 5.07. The summed E-state index contributed by atoms with van der Waals surface area (Å²) >= 11 is 0. The van der Waals surface area contributed by atoms with Gasteiger partial charge in [-0.3, -0.25) is 48.9 Å². The molecule has 0 aromatic heterocycles. The monoisotopic (exact) mass is 672 g/mol. The number of amides is 1. The number of carbonyl (C=O) groups is 5. The molecular formula is C31H40N6O11. The Morgan fingerprint density at radius 1 is 0.667 bits per heavy atom. The number of esters is 1. The van der Waals surface area contributed by atoms with E-state index in [-0.39, 0.29) is 96.5 Å². The first kappa shape index (κ1) is 37.5. The van der Waals surface area contributed by atoms with Gasteiger partial charge in [-0.05, 0) is 17.7 Å². The highest BCUT2D eigenvalue weighted by atomic mass is 16.6. The van der Waals surface area contributed by atoms with Gasteiger partial charge < -0.3 is 25.0 Å². The fourth-order valence-electron chi connectivity index (χ4n) is 5.07. The number of ether oxygens (including phenoxy) is 1. The predicted octanol–water partition coefficient (Wildman–Crippen LogP) is 0.00440. The van der Waals surface area contributed by atoms with E-state index in [1.807, 2.05) is 6.07 Å². The van der Waals surface area contributed by atoms with E-state index in [2.05, 4.69) is 0 Å². The van der Waals surface area contributed by atoms with Crippen molar-refractivity contribution in [3.63, 3.8) is 0 Å². The highest BCUT2D eigenvalue weighted by Gasteiger charge is 2.25. The first-order valence-electron chi connectivity index (χ1n) is 15.2. The first-order chi connectivity index (χ1) is 22.9. The lowest BCUT2D eigenvalue weighted by molar-refractivity contribution is -0.384. The van der Waals surface area contributed by atoms with Crippen LogP contribution >= 0.6 is 0 Å². The number of nitro groups is 1. The van der Waals surface area contributed by atoms with Crippen LogP contribution < -0.4 is 4.74 Å². The Labute approximate surface area is 276 Å². The van der Waals surface area contributed by atoms with Crippen molar-refractivity contribution in [2.75, 3.05) is 85.1 Å². The number of rotatable bonds is 14.